The molecule has 2 aromatic heterocycles. The maximum atomic E-state index is 9.96. The average Bonchev–Trinajstić information content (AvgIpc) is 3.19. The minimum Gasteiger partial charge on any atom is -0.396 e. The Bertz CT molecular complexity index is 676. The van der Waals surface area contributed by atoms with Crippen LogP contribution >= 0.6 is 0 Å². The number of aromatic nitrogens is 3. The minimum atomic E-state index is 0.0506. The third-order valence-electron chi connectivity index (χ3n) is 5.76. The number of aliphatic hydroxyl groups excluding tert-OH is 1. The molecule has 0 radical (unpaired) electrons. The highest BCUT2D eigenvalue weighted by Gasteiger charge is 2.55. The first-order valence-corrected chi connectivity index (χ1v) is 7.85. The average molecular weight is 286 g/mol. The first-order valence-electron chi connectivity index (χ1n) is 7.85. The molecule has 112 valence electrons. The fourth-order valence-corrected chi connectivity index (χ4v) is 4.54. The van der Waals surface area contributed by atoms with Gasteiger partial charge in [-0.25, -0.2) is 9.97 Å². The van der Waals surface area contributed by atoms with Gasteiger partial charge in [0.15, 0.2) is 0 Å². The highest BCUT2D eigenvalue weighted by Crippen LogP contribution is 2.53. The highest BCUT2D eigenvalue weighted by molar-refractivity contribution is 5.88. The van der Waals surface area contributed by atoms with Crippen molar-refractivity contribution in [3.8, 4) is 0 Å². The lowest BCUT2D eigenvalue weighted by Gasteiger charge is -2.35. The third kappa shape index (κ3) is 1.61. The molecule has 2 bridgehead atoms. The van der Waals surface area contributed by atoms with Crippen molar-refractivity contribution in [1.82, 2.24) is 14.5 Å². The van der Waals surface area contributed by atoms with Gasteiger partial charge >= 0.3 is 0 Å². The molecule has 5 nitrogen and oxygen atoms in total. The highest BCUT2D eigenvalue weighted by atomic mass is 16.3. The predicted octanol–water partition coefficient (Wildman–Crippen LogP) is 2.10. The first-order chi connectivity index (χ1) is 10.2. The molecule has 2 aliphatic heterocycles. The van der Waals surface area contributed by atoms with Crippen LogP contribution in [-0.4, -0.2) is 38.3 Å². The fourth-order valence-electron chi connectivity index (χ4n) is 4.54. The lowest BCUT2D eigenvalue weighted by atomic mass is 9.72. The van der Waals surface area contributed by atoms with E-state index in [-0.39, 0.29) is 12.0 Å². The van der Waals surface area contributed by atoms with E-state index in [1.807, 2.05) is 17.8 Å². The van der Waals surface area contributed by atoms with E-state index < -0.39 is 0 Å². The Labute approximate surface area is 124 Å². The lowest BCUT2D eigenvalue weighted by Crippen LogP contribution is -2.40. The molecule has 5 heteroatoms. The second-order valence-corrected chi connectivity index (χ2v) is 6.59. The molecule has 2 aliphatic rings. The van der Waals surface area contributed by atoms with Gasteiger partial charge in [-0.05, 0) is 31.7 Å². The zero-order valence-electron chi connectivity index (χ0n) is 12.7. The van der Waals surface area contributed by atoms with Crippen molar-refractivity contribution in [1.29, 1.82) is 0 Å². The van der Waals surface area contributed by atoms with Gasteiger partial charge < -0.3 is 14.6 Å². The van der Waals surface area contributed by atoms with Gasteiger partial charge in [-0.2, -0.15) is 0 Å². The van der Waals surface area contributed by atoms with E-state index in [1.54, 1.807) is 6.33 Å². The third-order valence-corrected chi connectivity index (χ3v) is 5.76. The number of aliphatic hydroxyl groups is 1. The zero-order chi connectivity index (χ0) is 14.6. The summed E-state index contributed by atoms with van der Waals surface area (Å²) in [6.45, 7) is 2.48. The molecule has 0 spiro atoms. The topological polar surface area (TPSA) is 54.2 Å². The first kappa shape index (κ1) is 13.1. The number of aryl methyl sites for hydroxylation is 1. The van der Waals surface area contributed by atoms with Gasteiger partial charge in [-0.1, -0.05) is 6.92 Å². The smallest absolute Gasteiger partial charge is 0.145 e. The summed E-state index contributed by atoms with van der Waals surface area (Å²) >= 11 is 0. The Morgan fingerprint density at radius 1 is 1.38 bits per heavy atom. The number of fused-ring (bicyclic) bond motifs is 3. The summed E-state index contributed by atoms with van der Waals surface area (Å²) in [6, 6.07) is 3.03. The van der Waals surface area contributed by atoms with Gasteiger partial charge in [-0.15, -0.1) is 0 Å². The molecule has 4 rings (SSSR count). The summed E-state index contributed by atoms with van der Waals surface area (Å²) in [5.41, 5.74) is 1.03. The molecule has 0 saturated carbocycles. The van der Waals surface area contributed by atoms with Crippen LogP contribution in [0.3, 0.4) is 0 Å². The van der Waals surface area contributed by atoms with Crippen LogP contribution in [0.15, 0.2) is 18.6 Å². The summed E-state index contributed by atoms with van der Waals surface area (Å²) < 4.78 is 2.04. The molecule has 2 saturated heterocycles. The Kier molecular flexibility index (Phi) is 2.76. The van der Waals surface area contributed by atoms with Crippen molar-refractivity contribution >= 4 is 16.9 Å². The Morgan fingerprint density at radius 3 is 2.95 bits per heavy atom. The van der Waals surface area contributed by atoms with E-state index in [0.717, 1.165) is 36.1 Å². The van der Waals surface area contributed by atoms with Gasteiger partial charge in [0.1, 0.15) is 17.8 Å². The van der Waals surface area contributed by atoms with Crippen molar-refractivity contribution in [3.05, 3.63) is 18.6 Å². The summed E-state index contributed by atoms with van der Waals surface area (Å²) in [6.07, 6.45) is 8.21. The molecule has 21 heavy (non-hydrogen) atoms. The molecule has 1 N–H and O–H groups in total. The van der Waals surface area contributed by atoms with Gasteiger partial charge in [-0.3, -0.25) is 0 Å². The molecular formula is C16H22N4O. The molecule has 0 amide bonds. The van der Waals surface area contributed by atoms with Crippen molar-refractivity contribution in [3.63, 3.8) is 0 Å². The van der Waals surface area contributed by atoms with E-state index in [9.17, 15) is 5.11 Å². The summed E-state index contributed by atoms with van der Waals surface area (Å²) in [7, 11) is 2.02. The Morgan fingerprint density at radius 2 is 2.24 bits per heavy atom. The van der Waals surface area contributed by atoms with Crippen molar-refractivity contribution in [2.45, 2.75) is 44.7 Å². The van der Waals surface area contributed by atoms with Crippen LogP contribution in [0.1, 0.15) is 32.6 Å². The lowest BCUT2D eigenvalue weighted by molar-refractivity contribution is 0.0944. The molecule has 0 aliphatic carbocycles. The van der Waals surface area contributed by atoms with Gasteiger partial charge in [0.2, 0.25) is 0 Å². The van der Waals surface area contributed by atoms with E-state index >= 15 is 0 Å². The number of rotatable bonds is 3. The van der Waals surface area contributed by atoms with Crippen molar-refractivity contribution in [2.24, 2.45) is 12.5 Å². The second kappa shape index (κ2) is 4.44. The second-order valence-electron chi connectivity index (χ2n) is 6.59. The summed E-state index contributed by atoms with van der Waals surface area (Å²) in [5.74, 6) is 1.05. The predicted molar refractivity (Wildman–Crippen MR) is 82.2 cm³/mol. The maximum absolute atomic E-state index is 9.96. The van der Waals surface area contributed by atoms with Gasteiger partial charge in [0.05, 0.1) is 12.0 Å². The molecular weight excluding hydrogens is 264 g/mol. The SMILES string of the molecule is CC[C@]1(CO)C[C@H]2CC[C@@H]1N2c1ncnc2c1ccn2C. The monoisotopic (exact) mass is 286 g/mol. The van der Waals surface area contributed by atoms with E-state index in [4.69, 9.17) is 0 Å². The normalized spacial score (nSPS) is 31.5. The number of hydrogen-bond acceptors (Lipinski definition) is 4. The van der Waals surface area contributed by atoms with Gasteiger partial charge in [0.25, 0.3) is 0 Å². The molecule has 3 atom stereocenters. The fraction of sp³-hybridized carbons (Fsp3) is 0.625. The Balaban J connectivity index is 1.83. The van der Waals surface area contributed by atoms with Crippen LogP contribution in [0.5, 0.6) is 0 Å². The Hall–Kier alpha value is -1.62. The van der Waals surface area contributed by atoms with Crippen LogP contribution in [0, 0.1) is 5.41 Å². The zero-order valence-corrected chi connectivity index (χ0v) is 12.7. The summed E-state index contributed by atoms with van der Waals surface area (Å²) in [5, 5.41) is 11.1. The van der Waals surface area contributed by atoms with Crippen LogP contribution in [0.25, 0.3) is 11.0 Å². The number of anilines is 1. The molecule has 0 aromatic carbocycles. The standard InChI is InChI=1S/C16H22N4O/c1-3-16(9-21)8-11-4-5-13(16)20(11)15-12-6-7-19(2)14(12)17-10-18-15/h6-7,10-11,13,21H,3-5,8-9H2,1-2H3/t11-,13+,16-/m1/s1. The van der Waals surface area contributed by atoms with E-state index in [1.165, 1.54) is 6.42 Å². The minimum absolute atomic E-state index is 0.0506. The van der Waals surface area contributed by atoms with Crippen LogP contribution in [-0.2, 0) is 7.05 Å². The molecule has 4 heterocycles. The van der Waals surface area contributed by atoms with E-state index in [0.29, 0.717) is 12.1 Å². The quantitative estimate of drug-likeness (QED) is 0.939. The van der Waals surface area contributed by atoms with Crippen molar-refractivity contribution in [2.75, 3.05) is 11.5 Å². The van der Waals surface area contributed by atoms with Crippen LogP contribution < -0.4 is 4.90 Å². The molecule has 2 aromatic rings. The molecule has 2 fully saturated rings. The summed E-state index contributed by atoms with van der Waals surface area (Å²) in [4.78, 5) is 11.5. The maximum Gasteiger partial charge on any atom is 0.145 e. The largest absolute Gasteiger partial charge is 0.396 e. The number of hydrogen-bond donors (Lipinski definition) is 1. The number of nitrogens with zero attached hydrogens (tertiary/aromatic N) is 4. The van der Waals surface area contributed by atoms with Crippen molar-refractivity contribution < 1.29 is 5.11 Å². The van der Waals surface area contributed by atoms with Gasteiger partial charge in [0, 0.05) is 30.7 Å². The van der Waals surface area contributed by atoms with Crippen LogP contribution in [0.4, 0.5) is 5.82 Å². The van der Waals surface area contributed by atoms with Crippen LogP contribution in [0.2, 0.25) is 0 Å². The molecule has 0 unspecified atom stereocenters. The van der Waals surface area contributed by atoms with E-state index in [2.05, 4.69) is 27.9 Å².